The van der Waals surface area contributed by atoms with Crippen LogP contribution in [0.25, 0.3) is 39.0 Å². The Kier molecular flexibility index (Phi) is 12.1. The third-order valence-corrected chi connectivity index (χ3v) is 5.60. The van der Waals surface area contributed by atoms with Crippen molar-refractivity contribution in [3.63, 3.8) is 0 Å². The van der Waals surface area contributed by atoms with Crippen molar-refractivity contribution in [2.45, 2.75) is 48.0 Å². The predicted molar refractivity (Wildman–Crippen MR) is 159 cm³/mol. The van der Waals surface area contributed by atoms with Gasteiger partial charge in [0.25, 0.3) is 0 Å². The van der Waals surface area contributed by atoms with Gasteiger partial charge in [-0.3, -0.25) is 0 Å². The molecule has 0 nitrogen and oxygen atoms in total. The second-order valence-corrected chi connectivity index (χ2v) is 7.59. The summed E-state index contributed by atoms with van der Waals surface area (Å²) in [6, 6.07) is 36.9. The van der Waals surface area contributed by atoms with Crippen LogP contribution in [0.3, 0.4) is 0 Å². The quantitative estimate of drug-likeness (QED) is 0.251. The number of benzene rings is 4. The van der Waals surface area contributed by atoms with Gasteiger partial charge in [-0.1, -0.05) is 156 Å². The van der Waals surface area contributed by atoms with Gasteiger partial charge in [-0.15, -0.1) is 0 Å². The highest BCUT2D eigenvalue weighted by atomic mass is 14.1. The lowest BCUT2D eigenvalue weighted by Crippen LogP contribution is -1.89. The van der Waals surface area contributed by atoms with E-state index < -0.39 is 0 Å². The van der Waals surface area contributed by atoms with Crippen LogP contribution in [0.4, 0.5) is 0 Å². The minimum Gasteiger partial charge on any atom is -0.0842 e. The van der Waals surface area contributed by atoms with Crippen LogP contribution in [0.1, 0.15) is 53.5 Å². The molecule has 180 valence electrons. The Balaban J connectivity index is 0.00000103. The molecule has 0 unspecified atom stereocenters. The van der Waals surface area contributed by atoms with E-state index in [2.05, 4.69) is 135 Å². The van der Waals surface area contributed by atoms with Gasteiger partial charge in [-0.05, 0) is 57.9 Å². The van der Waals surface area contributed by atoms with Crippen molar-refractivity contribution >= 4 is 5.57 Å². The van der Waals surface area contributed by atoms with Gasteiger partial charge < -0.3 is 0 Å². The van der Waals surface area contributed by atoms with Crippen LogP contribution in [0, 0.1) is 0 Å². The SMILES string of the molecule is C/C=C(\C=C/CC)c1ccccc1-c1ccc(-c2ccccc2-c2ccccc2)cc1.CC.CC. The molecule has 35 heavy (non-hydrogen) atoms. The minimum absolute atomic E-state index is 1.04. The third-order valence-electron chi connectivity index (χ3n) is 5.60. The van der Waals surface area contributed by atoms with Crippen molar-refractivity contribution in [1.29, 1.82) is 0 Å². The van der Waals surface area contributed by atoms with Crippen LogP contribution in [0.15, 0.2) is 121 Å². The molecule has 0 aromatic heterocycles. The normalized spacial score (nSPS) is 10.7. The monoisotopic (exact) mass is 460 g/mol. The Morgan fingerprint density at radius 2 is 0.971 bits per heavy atom. The molecule has 0 fully saturated rings. The molecule has 0 atom stereocenters. The van der Waals surface area contributed by atoms with E-state index in [1.54, 1.807) is 0 Å². The fourth-order valence-corrected chi connectivity index (χ4v) is 4.01. The average Bonchev–Trinajstić information content (AvgIpc) is 2.96. The zero-order chi connectivity index (χ0) is 25.5. The standard InChI is InChI=1S/C31H28.2C2H6/c1-3-5-13-24(4-2)28-16-9-10-18-30(28)26-20-22-27(23-21-26)31-19-12-11-17-29(31)25-14-7-6-8-15-25;2*1-2/h4-23H,3H2,1-2H3;2*1-2H3/b13-5-,24-4+;;. The molecule has 4 aromatic carbocycles. The number of hydrogen-bond acceptors (Lipinski definition) is 0. The first-order valence-electron chi connectivity index (χ1n) is 13.0. The summed E-state index contributed by atoms with van der Waals surface area (Å²) in [4.78, 5) is 0. The Morgan fingerprint density at radius 1 is 0.543 bits per heavy atom. The first kappa shape index (κ1) is 27.6. The van der Waals surface area contributed by atoms with E-state index in [1.807, 2.05) is 27.7 Å². The summed E-state index contributed by atoms with van der Waals surface area (Å²) in [5, 5.41) is 0. The summed E-state index contributed by atoms with van der Waals surface area (Å²) < 4.78 is 0. The second kappa shape index (κ2) is 15.3. The predicted octanol–water partition coefficient (Wildman–Crippen LogP) is 11.1. The molecule has 0 heteroatoms. The number of rotatable bonds is 6. The molecule has 0 spiro atoms. The molecule has 4 rings (SSSR count). The van der Waals surface area contributed by atoms with Crippen molar-refractivity contribution < 1.29 is 0 Å². The van der Waals surface area contributed by atoms with E-state index in [4.69, 9.17) is 0 Å². The molecule has 0 bridgehead atoms. The van der Waals surface area contributed by atoms with E-state index in [0.29, 0.717) is 0 Å². The van der Waals surface area contributed by atoms with Gasteiger partial charge in [0.05, 0.1) is 0 Å². The third kappa shape index (κ3) is 7.17. The van der Waals surface area contributed by atoms with Crippen LogP contribution in [-0.4, -0.2) is 0 Å². The van der Waals surface area contributed by atoms with Gasteiger partial charge >= 0.3 is 0 Å². The Bertz CT molecular complexity index is 1190. The van der Waals surface area contributed by atoms with Gasteiger partial charge in [0.1, 0.15) is 0 Å². The van der Waals surface area contributed by atoms with Crippen molar-refractivity contribution in [2.75, 3.05) is 0 Å². The summed E-state index contributed by atoms with van der Waals surface area (Å²) in [7, 11) is 0. The Labute approximate surface area is 213 Å². The molecule has 0 saturated heterocycles. The Morgan fingerprint density at radius 3 is 1.49 bits per heavy atom. The molecule has 0 saturated carbocycles. The number of allylic oxidation sites excluding steroid dienone is 4. The van der Waals surface area contributed by atoms with E-state index in [-0.39, 0.29) is 0 Å². The zero-order valence-corrected chi connectivity index (χ0v) is 22.3. The van der Waals surface area contributed by atoms with Gasteiger partial charge in [0.15, 0.2) is 0 Å². The molecule has 0 heterocycles. The van der Waals surface area contributed by atoms with E-state index in [1.165, 1.54) is 44.5 Å². The van der Waals surface area contributed by atoms with Crippen LogP contribution < -0.4 is 0 Å². The maximum Gasteiger partial charge on any atom is -0.0105 e. The maximum absolute atomic E-state index is 2.24. The lowest BCUT2D eigenvalue weighted by atomic mass is 9.91. The zero-order valence-electron chi connectivity index (χ0n) is 22.3. The molecule has 4 aromatic rings. The molecule has 0 amide bonds. The Hall–Kier alpha value is -3.64. The largest absolute Gasteiger partial charge is 0.0842 e. The fraction of sp³-hybridized carbons (Fsp3) is 0.200. The average molecular weight is 461 g/mol. The van der Waals surface area contributed by atoms with Crippen molar-refractivity contribution in [2.24, 2.45) is 0 Å². The molecule has 0 aliphatic carbocycles. The second-order valence-electron chi connectivity index (χ2n) is 7.59. The van der Waals surface area contributed by atoms with E-state index >= 15 is 0 Å². The van der Waals surface area contributed by atoms with Gasteiger partial charge in [0, 0.05) is 0 Å². The van der Waals surface area contributed by atoms with E-state index in [0.717, 1.165) is 6.42 Å². The molecule has 0 aliphatic heterocycles. The molecular formula is C35H40. The summed E-state index contributed by atoms with van der Waals surface area (Å²) in [5.74, 6) is 0. The topological polar surface area (TPSA) is 0 Å². The van der Waals surface area contributed by atoms with Crippen molar-refractivity contribution in [3.8, 4) is 33.4 Å². The van der Waals surface area contributed by atoms with Crippen molar-refractivity contribution in [3.05, 3.63) is 127 Å². The number of hydrogen-bond donors (Lipinski definition) is 0. The van der Waals surface area contributed by atoms with Gasteiger partial charge in [-0.2, -0.15) is 0 Å². The van der Waals surface area contributed by atoms with Crippen LogP contribution in [0.2, 0.25) is 0 Å². The van der Waals surface area contributed by atoms with Gasteiger partial charge in [-0.25, -0.2) is 0 Å². The minimum atomic E-state index is 1.04. The first-order valence-corrected chi connectivity index (χ1v) is 13.0. The van der Waals surface area contributed by atoms with Crippen LogP contribution in [-0.2, 0) is 0 Å². The summed E-state index contributed by atoms with van der Waals surface area (Å²) >= 11 is 0. The van der Waals surface area contributed by atoms with Gasteiger partial charge in [0.2, 0.25) is 0 Å². The van der Waals surface area contributed by atoms with Crippen molar-refractivity contribution in [1.82, 2.24) is 0 Å². The first-order chi connectivity index (χ1) is 17.3. The van der Waals surface area contributed by atoms with Crippen LogP contribution >= 0.6 is 0 Å². The smallest absolute Gasteiger partial charge is 0.0105 e. The summed E-state index contributed by atoms with van der Waals surface area (Å²) in [6.07, 6.45) is 7.67. The highest BCUT2D eigenvalue weighted by Crippen LogP contribution is 2.35. The van der Waals surface area contributed by atoms with Crippen LogP contribution in [0.5, 0.6) is 0 Å². The van der Waals surface area contributed by atoms with E-state index in [9.17, 15) is 0 Å². The highest BCUT2D eigenvalue weighted by molar-refractivity contribution is 5.87. The molecule has 0 aliphatic rings. The molecule has 0 N–H and O–H groups in total. The summed E-state index contributed by atoms with van der Waals surface area (Å²) in [5.41, 5.74) is 10.0. The fourth-order valence-electron chi connectivity index (χ4n) is 4.01. The maximum atomic E-state index is 2.24. The lowest BCUT2D eigenvalue weighted by Gasteiger charge is -2.13. The summed E-state index contributed by atoms with van der Waals surface area (Å²) in [6.45, 7) is 12.3. The molecule has 0 radical (unpaired) electrons. The lowest BCUT2D eigenvalue weighted by molar-refractivity contribution is 1.22. The highest BCUT2D eigenvalue weighted by Gasteiger charge is 2.10. The molecular weight excluding hydrogens is 420 g/mol.